The van der Waals surface area contributed by atoms with Gasteiger partial charge in [0.05, 0.1) is 5.56 Å². The first-order chi connectivity index (χ1) is 13.9. The lowest BCUT2D eigenvalue weighted by atomic mass is 9.86. The molecule has 2 atom stereocenters. The summed E-state index contributed by atoms with van der Waals surface area (Å²) in [5.74, 6) is -0.981. The van der Waals surface area contributed by atoms with Crippen LogP contribution in [0.2, 0.25) is 0 Å². The average Bonchev–Trinajstić information content (AvgIpc) is 3.14. The Morgan fingerprint density at radius 1 is 1.17 bits per heavy atom. The largest absolute Gasteiger partial charge is 0.452 e. The van der Waals surface area contributed by atoms with E-state index in [0.29, 0.717) is 24.6 Å². The zero-order valence-electron chi connectivity index (χ0n) is 16.6. The van der Waals surface area contributed by atoms with E-state index < -0.39 is 24.5 Å². The molecule has 8 heteroatoms. The number of urea groups is 1. The Morgan fingerprint density at radius 3 is 2.69 bits per heavy atom. The zero-order chi connectivity index (χ0) is 20.8. The summed E-state index contributed by atoms with van der Waals surface area (Å²) in [7, 11) is 0. The summed E-state index contributed by atoms with van der Waals surface area (Å²) in [5.41, 5.74) is 0.878. The van der Waals surface area contributed by atoms with E-state index in [2.05, 4.69) is 17.6 Å². The maximum Gasteiger partial charge on any atom is 0.338 e. The molecular formula is C21H27N3O5. The number of amides is 4. The van der Waals surface area contributed by atoms with E-state index in [0.717, 1.165) is 32.1 Å². The first-order valence-electron chi connectivity index (χ1n) is 10.1. The second-order valence-corrected chi connectivity index (χ2v) is 7.67. The molecule has 1 aromatic rings. The smallest absolute Gasteiger partial charge is 0.338 e. The van der Waals surface area contributed by atoms with Crippen molar-refractivity contribution in [3.8, 4) is 0 Å². The molecule has 1 saturated carbocycles. The fourth-order valence-electron chi connectivity index (χ4n) is 3.83. The number of imide groups is 1. The van der Waals surface area contributed by atoms with Crippen LogP contribution < -0.4 is 15.5 Å². The van der Waals surface area contributed by atoms with Gasteiger partial charge in [0, 0.05) is 24.7 Å². The summed E-state index contributed by atoms with van der Waals surface area (Å²) in [6, 6.07) is 6.02. The normalized spacial score (nSPS) is 21.6. The molecular weight excluding hydrogens is 374 g/mol. The third-order valence-electron chi connectivity index (χ3n) is 5.48. The Bertz CT molecular complexity index is 794. The highest BCUT2D eigenvalue weighted by Gasteiger charge is 2.24. The van der Waals surface area contributed by atoms with Crippen LogP contribution in [-0.2, 0) is 14.3 Å². The molecule has 4 amide bonds. The predicted octanol–water partition coefficient (Wildman–Crippen LogP) is 2.37. The maximum absolute atomic E-state index is 12.2. The second-order valence-electron chi connectivity index (χ2n) is 7.67. The van der Waals surface area contributed by atoms with E-state index >= 15 is 0 Å². The molecule has 1 aliphatic carbocycles. The van der Waals surface area contributed by atoms with Gasteiger partial charge in [0.2, 0.25) is 5.91 Å². The van der Waals surface area contributed by atoms with Gasteiger partial charge in [-0.25, -0.2) is 9.59 Å². The van der Waals surface area contributed by atoms with Crippen molar-refractivity contribution in [3.63, 3.8) is 0 Å². The Hall–Kier alpha value is -2.90. The van der Waals surface area contributed by atoms with Crippen molar-refractivity contribution < 1.29 is 23.9 Å². The van der Waals surface area contributed by atoms with Gasteiger partial charge in [0.15, 0.2) is 6.61 Å². The predicted molar refractivity (Wildman–Crippen MR) is 106 cm³/mol. The number of ether oxygens (including phenoxy) is 1. The molecule has 1 aromatic carbocycles. The first kappa shape index (κ1) is 20.8. The minimum Gasteiger partial charge on any atom is -0.452 e. The van der Waals surface area contributed by atoms with Crippen LogP contribution in [-0.4, -0.2) is 43.0 Å². The van der Waals surface area contributed by atoms with E-state index in [-0.39, 0.29) is 17.5 Å². The Morgan fingerprint density at radius 2 is 1.97 bits per heavy atom. The summed E-state index contributed by atoms with van der Waals surface area (Å²) < 4.78 is 5.01. The van der Waals surface area contributed by atoms with E-state index in [4.69, 9.17) is 4.74 Å². The molecule has 156 valence electrons. The summed E-state index contributed by atoms with van der Waals surface area (Å²) in [6.45, 7) is 2.14. The molecule has 1 heterocycles. The number of hydrogen-bond donors (Lipinski definition) is 2. The van der Waals surface area contributed by atoms with Gasteiger partial charge < -0.3 is 15.0 Å². The molecule has 3 rings (SSSR count). The number of carbonyl (C=O) groups is 4. The number of benzene rings is 1. The fraction of sp³-hybridized carbons (Fsp3) is 0.524. The highest BCUT2D eigenvalue weighted by Crippen LogP contribution is 2.24. The monoisotopic (exact) mass is 401 g/mol. The van der Waals surface area contributed by atoms with Crippen LogP contribution in [0.4, 0.5) is 10.5 Å². The molecule has 2 unspecified atom stereocenters. The van der Waals surface area contributed by atoms with Crippen LogP contribution in [0.25, 0.3) is 0 Å². The number of nitrogens with one attached hydrogen (secondary N) is 2. The first-order valence-corrected chi connectivity index (χ1v) is 10.1. The second kappa shape index (κ2) is 9.54. The van der Waals surface area contributed by atoms with Crippen molar-refractivity contribution in [1.82, 2.24) is 10.6 Å². The summed E-state index contributed by atoms with van der Waals surface area (Å²) in [6.07, 6.45) is 5.45. The summed E-state index contributed by atoms with van der Waals surface area (Å²) in [5, 5.41) is 5.01. The van der Waals surface area contributed by atoms with Gasteiger partial charge in [0.25, 0.3) is 5.91 Å². The topological polar surface area (TPSA) is 105 Å². The molecule has 0 spiro atoms. The van der Waals surface area contributed by atoms with Gasteiger partial charge >= 0.3 is 12.0 Å². The van der Waals surface area contributed by atoms with Gasteiger partial charge in [-0.2, -0.15) is 0 Å². The third-order valence-corrected chi connectivity index (χ3v) is 5.48. The van der Waals surface area contributed by atoms with Gasteiger partial charge in [-0.3, -0.25) is 14.9 Å². The van der Waals surface area contributed by atoms with Gasteiger partial charge in [-0.05, 0) is 43.4 Å². The fourth-order valence-corrected chi connectivity index (χ4v) is 3.83. The minimum atomic E-state index is -0.690. The number of carbonyl (C=O) groups excluding carboxylic acids is 4. The third kappa shape index (κ3) is 5.56. The minimum absolute atomic E-state index is 0.0215. The van der Waals surface area contributed by atoms with Crippen molar-refractivity contribution in [3.05, 3.63) is 29.8 Å². The highest BCUT2D eigenvalue weighted by atomic mass is 16.5. The van der Waals surface area contributed by atoms with Crippen LogP contribution in [0.15, 0.2) is 24.3 Å². The van der Waals surface area contributed by atoms with Crippen LogP contribution in [0.1, 0.15) is 55.8 Å². The van der Waals surface area contributed by atoms with Crippen molar-refractivity contribution in [1.29, 1.82) is 0 Å². The Labute approximate surface area is 170 Å². The van der Waals surface area contributed by atoms with Crippen molar-refractivity contribution in [2.24, 2.45) is 5.92 Å². The van der Waals surface area contributed by atoms with Crippen molar-refractivity contribution >= 4 is 29.5 Å². The van der Waals surface area contributed by atoms with E-state index in [1.165, 1.54) is 0 Å². The molecule has 1 aliphatic heterocycles. The molecule has 2 aliphatic rings. The van der Waals surface area contributed by atoms with Gasteiger partial charge in [-0.15, -0.1) is 0 Å². The number of nitrogens with zero attached hydrogens (tertiary/aromatic N) is 1. The Kier molecular flexibility index (Phi) is 6.85. The van der Waals surface area contributed by atoms with Crippen molar-refractivity contribution in [2.75, 3.05) is 18.1 Å². The standard InChI is InChI=1S/C21H27N3O5/c1-14-6-2-3-9-17(14)22-21(28)23-18(25)13-29-20(27)15-7-4-8-16(12-15)24-11-5-10-19(24)26/h4,7-8,12,14,17H,2-3,5-6,9-11,13H2,1H3,(H2,22,23,25,28). The van der Waals surface area contributed by atoms with Crippen LogP contribution in [0.3, 0.4) is 0 Å². The number of rotatable bonds is 5. The van der Waals surface area contributed by atoms with Crippen LogP contribution in [0, 0.1) is 5.92 Å². The van der Waals surface area contributed by atoms with Crippen LogP contribution in [0.5, 0.6) is 0 Å². The number of esters is 1. The Balaban J connectivity index is 1.47. The zero-order valence-corrected chi connectivity index (χ0v) is 16.6. The lowest BCUT2D eigenvalue weighted by molar-refractivity contribution is -0.123. The van der Waals surface area contributed by atoms with E-state index in [9.17, 15) is 19.2 Å². The summed E-state index contributed by atoms with van der Waals surface area (Å²) >= 11 is 0. The molecule has 2 fully saturated rings. The molecule has 0 bridgehead atoms. The van der Waals surface area contributed by atoms with Gasteiger partial charge in [0.1, 0.15) is 0 Å². The number of hydrogen-bond acceptors (Lipinski definition) is 5. The highest BCUT2D eigenvalue weighted by molar-refractivity contribution is 5.99. The molecule has 29 heavy (non-hydrogen) atoms. The SMILES string of the molecule is CC1CCCCC1NC(=O)NC(=O)COC(=O)c1cccc(N2CCCC2=O)c1. The average molecular weight is 401 g/mol. The van der Waals surface area contributed by atoms with E-state index in [1.54, 1.807) is 29.2 Å². The van der Waals surface area contributed by atoms with Gasteiger partial charge in [-0.1, -0.05) is 25.8 Å². The maximum atomic E-state index is 12.2. The van der Waals surface area contributed by atoms with Crippen LogP contribution >= 0.6 is 0 Å². The lowest BCUT2D eigenvalue weighted by Crippen LogP contribution is -2.48. The van der Waals surface area contributed by atoms with Crippen molar-refractivity contribution in [2.45, 2.75) is 51.5 Å². The molecule has 8 nitrogen and oxygen atoms in total. The number of anilines is 1. The molecule has 0 radical (unpaired) electrons. The molecule has 2 N–H and O–H groups in total. The summed E-state index contributed by atoms with van der Waals surface area (Å²) in [4.78, 5) is 49.6. The van der Waals surface area contributed by atoms with E-state index in [1.807, 2.05) is 0 Å². The molecule has 1 saturated heterocycles. The molecule has 0 aromatic heterocycles. The lowest BCUT2D eigenvalue weighted by Gasteiger charge is -2.29. The quantitative estimate of drug-likeness (QED) is 0.737.